The molecule has 1 saturated carbocycles. The monoisotopic (exact) mass is 368 g/mol. The number of carbonyl (C=O) groups is 1. The lowest BCUT2D eigenvalue weighted by Gasteiger charge is -2.30. The van der Waals surface area contributed by atoms with E-state index in [4.69, 9.17) is 4.74 Å². The molecule has 0 atom stereocenters. The summed E-state index contributed by atoms with van der Waals surface area (Å²) in [7, 11) is 1.91. The predicted molar refractivity (Wildman–Crippen MR) is 94.3 cm³/mol. The molecule has 1 fully saturated rings. The van der Waals surface area contributed by atoms with E-state index in [9.17, 15) is 9.18 Å². The van der Waals surface area contributed by atoms with E-state index in [0.717, 1.165) is 19.0 Å². The van der Waals surface area contributed by atoms with Gasteiger partial charge in [-0.3, -0.25) is 4.79 Å². The lowest BCUT2D eigenvalue weighted by atomic mass is 10.0. The highest BCUT2D eigenvalue weighted by Gasteiger charge is 2.51. The van der Waals surface area contributed by atoms with Gasteiger partial charge in [0.25, 0.3) is 5.91 Å². The molecule has 4 heterocycles. The van der Waals surface area contributed by atoms with Gasteiger partial charge in [0, 0.05) is 18.8 Å². The van der Waals surface area contributed by atoms with Crippen LogP contribution >= 0.6 is 0 Å². The summed E-state index contributed by atoms with van der Waals surface area (Å²) in [5.74, 6) is 0.382. The molecule has 2 aliphatic rings. The van der Waals surface area contributed by atoms with Crippen molar-refractivity contribution in [1.82, 2.24) is 24.9 Å². The molecule has 0 aromatic carbocycles. The van der Waals surface area contributed by atoms with Crippen molar-refractivity contribution in [3.63, 3.8) is 0 Å². The zero-order valence-electron chi connectivity index (χ0n) is 14.6. The lowest BCUT2D eigenvalue weighted by molar-refractivity contribution is 0.0948. The van der Waals surface area contributed by atoms with Gasteiger partial charge in [-0.25, -0.2) is 18.9 Å². The number of hydrogen-bond donors (Lipinski definition) is 1. The SMILES string of the molecule is CN1c2ccn3ncc(c3n2)C(=O)NCCOc2ncc(F)cc2C12CC2. The Labute approximate surface area is 154 Å². The van der Waals surface area contributed by atoms with Crippen molar-refractivity contribution < 1.29 is 13.9 Å². The Morgan fingerprint density at radius 2 is 2.19 bits per heavy atom. The first-order valence-electron chi connectivity index (χ1n) is 8.74. The third-order valence-corrected chi connectivity index (χ3v) is 5.25. The van der Waals surface area contributed by atoms with Crippen LogP contribution < -0.4 is 15.0 Å². The topological polar surface area (TPSA) is 84.7 Å². The smallest absolute Gasteiger partial charge is 0.256 e. The molecular weight excluding hydrogens is 351 g/mol. The zero-order chi connectivity index (χ0) is 18.6. The Morgan fingerprint density at radius 3 is 3.00 bits per heavy atom. The minimum Gasteiger partial charge on any atom is -0.476 e. The molecule has 138 valence electrons. The number of anilines is 1. The van der Waals surface area contributed by atoms with E-state index in [-0.39, 0.29) is 19.1 Å². The largest absolute Gasteiger partial charge is 0.476 e. The van der Waals surface area contributed by atoms with Gasteiger partial charge in [0.2, 0.25) is 5.88 Å². The molecule has 5 rings (SSSR count). The number of pyridine rings is 1. The number of amides is 1. The van der Waals surface area contributed by atoms with Crippen LogP contribution in [0.3, 0.4) is 0 Å². The van der Waals surface area contributed by atoms with Gasteiger partial charge in [-0.15, -0.1) is 0 Å². The standard InChI is InChI=1S/C18H17FN6O2/c1-24-14-2-6-25-15(23-14)12(10-22-25)16(26)20-5-7-27-17-13(18(24)3-4-18)8-11(19)9-21-17/h2,6,8-10H,3-5,7H2,1H3,(H,20,26). The van der Waals surface area contributed by atoms with E-state index in [1.54, 1.807) is 10.7 Å². The summed E-state index contributed by atoms with van der Waals surface area (Å²) in [6.07, 6.45) is 6.08. The number of nitrogens with zero attached hydrogens (tertiary/aromatic N) is 5. The Morgan fingerprint density at radius 1 is 1.33 bits per heavy atom. The van der Waals surface area contributed by atoms with Gasteiger partial charge in [0.1, 0.15) is 23.8 Å². The van der Waals surface area contributed by atoms with Crippen LogP contribution in [0.1, 0.15) is 28.8 Å². The van der Waals surface area contributed by atoms with E-state index in [1.165, 1.54) is 12.3 Å². The van der Waals surface area contributed by atoms with Crippen LogP contribution in [-0.2, 0) is 5.54 Å². The van der Waals surface area contributed by atoms with Gasteiger partial charge >= 0.3 is 0 Å². The van der Waals surface area contributed by atoms with Crippen LogP contribution in [0.25, 0.3) is 5.65 Å². The molecule has 8 nitrogen and oxygen atoms in total. The van der Waals surface area contributed by atoms with Crippen LogP contribution in [0.2, 0.25) is 0 Å². The highest BCUT2D eigenvalue weighted by Crippen LogP contribution is 2.54. The van der Waals surface area contributed by atoms with Crippen molar-refractivity contribution in [2.24, 2.45) is 0 Å². The van der Waals surface area contributed by atoms with E-state index in [0.29, 0.717) is 28.5 Å². The van der Waals surface area contributed by atoms with Crippen molar-refractivity contribution >= 4 is 17.4 Å². The number of nitrogens with one attached hydrogen (secondary N) is 1. The van der Waals surface area contributed by atoms with Gasteiger partial charge in [-0.1, -0.05) is 0 Å². The Bertz CT molecular complexity index is 1060. The highest BCUT2D eigenvalue weighted by atomic mass is 19.1. The van der Waals surface area contributed by atoms with Gasteiger partial charge < -0.3 is 15.0 Å². The second-order valence-electron chi connectivity index (χ2n) is 6.81. The average molecular weight is 368 g/mol. The summed E-state index contributed by atoms with van der Waals surface area (Å²) < 4.78 is 21.3. The maximum Gasteiger partial charge on any atom is 0.256 e. The van der Waals surface area contributed by atoms with E-state index < -0.39 is 11.4 Å². The molecule has 0 unspecified atom stereocenters. The minimum atomic E-state index is -0.429. The molecule has 3 aromatic rings. The van der Waals surface area contributed by atoms with Crippen LogP contribution in [0, 0.1) is 5.82 Å². The van der Waals surface area contributed by atoms with Crippen molar-refractivity contribution in [2.75, 3.05) is 25.1 Å². The Kier molecular flexibility index (Phi) is 3.33. The average Bonchev–Trinajstić information content (AvgIpc) is 3.37. The van der Waals surface area contributed by atoms with Crippen LogP contribution in [-0.4, -0.2) is 45.7 Å². The van der Waals surface area contributed by atoms with Crippen LogP contribution in [0.15, 0.2) is 30.7 Å². The molecule has 1 N–H and O–H groups in total. The first kappa shape index (κ1) is 16.0. The lowest BCUT2D eigenvalue weighted by Crippen LogP contribution is -2.33. The quantitative estimate of drug-likeness (QED) is 0.648. The first-order chi connectivity index (χ1) is 13.1. The van der Waals surface area contributed by atoms with Crippen molar-refractivity contribution in [3.8, 4) is 5.88 Å². The van der Waals surface area contributed by atoms with Crippen molar-refractivity contribution in [2.45, 2.75) is 18.4 Å². The fourth-order valence-electron chi connectivity index (χ4n) is 3.61. The van der Waals surface area contributed by atoms with Crippen molar-refractivity contribution in [3.05, 3.63) is 47.7 Å². The summed E-state index contributed by atoms with van der Waals surface area (Å²) in [6.45, 7) is 0.518. The first-order valence-corrected chi connectivity index (χ1v) is 8.74. The molecule has 0 radical (unpaired) electrons. The predicted octanol–water partition coefficient (Wildman–Crippen LogP) is 1.51. The van der Waals surface area contributed by atoms with Crippen LogP contribution in [0.5, 0.6) is 5.88 Å². The molecular formula is C18H17FN6O2. The van der Waals surface area contributed by atoms with E-state index >= 15 is 0 Å². The van der Waals surface area contributed by atoms with E-state index in [2.05, 4.69) is 20.4 Å². The van der Waals surface area contributed by atoms with Gasteiger partial charge in [-0.2, -0.15) is 5.10 Å². The molecule has 3 aromatic heterocycles. The van der Waals surface area contributed by atoms with Gasteiger partial charge in [0.05, 0.1) is 24.5 Å². The zero-order valence-corrected chi connectivity index (χ0v) is 14.6. The third-order valence-electron chi connectivity index (χ3n) is 5.25. The van der Waals surface area contributed by atoms with Gasteiger partial charge in [-0.05, 0) is 25.0 Å². The second kappa shape index (κ2) is 5.63. The highest BCUT2D eigenvalue weighted by molar-refractivity contribution is 5.99. The fraction of sp³-hybridized carbons (Fsp3) is 0.333. The number of carbonyl (C=O) groups excluding carboxylic acids is 1. The summed E-state index contributed by atoms with van der Waals surface area (Å²) >= 11 is 0. The summed E-state index contributed by atoms with van der Waals surface area (Å²) in [6, 6.07) is 3.31. The molecule has 1 spiro atoms. The Hall–Kier alpha value is -3.23. The number of ether oxygens (including phenoxy) is 1. The number of halogens is 1. The second-order valence-corrected chi connectivity index (χ2v) is 6.81. The maximum atomic E-state index is 14.0. The maximum absolute atomic E-state index is 14.0. The number of aromatic nitrogens is 4. The fourth-order valence-corrected chi connectivity index (χ4v) is 3.61. The molecule has 9 heteroatoms. The number of hydrogen-bond acceptors (Lipinski definition) is 6. The number of rotatable bonds is 0. The normalized spacial score (nSPS) is 18.3. The summed E-state index contributed by atoms with van der Waals surface area (Å²) in [4.78, 5) is 23.3. The molecule has 2 bridgehead atoms. The van der Waals surface area contributed by atoms with Crippen LogP contribution in [0.4, 0.5) is 10.2 Å². The minimum absolute atomic E-state index is 0.229. The molecule has 1 aliphatic carbocycles. The summed E-state index contributed by atoms with van der Waals surface area (Å²) in [5, 5.41) is 6.98. The molecule has 27 heavy (non-hydrogen) atoms. The molecule has 1 aliphatic heterocycles. The number of fused-ring (bicyclic) bond motifs is 3. The summed E-state index contributed by atoms with van der Waals surface area (Å²) in [5.41, 5.74) is 1.15. The molecule has 1 amide bonds. The van der Waals surface area contributed by atoms with Gasteiger partial charge in [0.15, 0.2) is 5.65 Å². The molecule has 0 saturated heterocycles. The van der Waals surface area contributed by atoms with Crippen molar-refractivity contribution in [1.29, 1.82) is 0 Å². The third kappa shape index (κ3) is 2.42. The Balaban J connectivity index is 1.69. The van der Waals surface area contributed by atoms with E-state index in [1.807, 2.05) is 18.0 Å².